The predicted octanol–water partition coefficient (Wildman–Crippen LogP) is 2.96. The quantitative estimate of drug-likeness (QED) is 0.806. The van der Waals surface area contributed by atoms with E-state index in [1.165, 1.54) is 22.9 Å². The second-order valence-corrected chi connectivity index (χ2v) is 7.73. The number of imidazole rings is 1. The van der Waals surface area contributed by atoms with Gasteiger partial charge < -0.3 is 5.32 Å². The van der Waals surface area contributed by atoms with Gasteiger partial charge in [-0.3, -0.25) is 14.7 Å². The standard InChI is InChI=1S/C18H22N4O2S/c1-11-8-12(2)10-15(9-11)22-7-6-19-18(22)25-13(3)16(23)21-17(24)20-14-4-5-14/h6-10,13-14H,4-5H2,1-3H3,(H2,20,21,23,24). The summed E-state index contributed by atoms with van der Waals surface area (Å²) in [7, 11) is 0. The summed E-state index contributed by atoms with van der Waals surface area (Å²) in [6.07, 6.45) is 5.56. The largest absolute Gasteiger partial charge is 0.335 e. The number of amides is 3. The lowest BCUT2D eigenvalue weighted by molar-refractivity contribution is -0.119. The van der Waals surface area contributed by atoms with Crippen LogP contribution in [0.1, 0.15) is 30.9 Å². The maximum absolute atomic E-state index is 12.2. The van der Waals surface area contributed by atoms with Crippen LogP contribution in [0.25, 0.3) is 5.69 Å². The molecule has 0 radical (unpaired) electrons. The van der Waals surface area contributed by atoms with Crippen molar-refractivity contribution in [1.82, 2.24) is 20.2 Å². The monoisotopic (exact) mass is 358 g/mol. The van der Waals surface area contributed by atoms with Crippen molar-refractivity contribution in [2.75, 3.05) is 0 Å². The van der Waals surface area contributed by atoms with E-state index < -0.39 is 11.3 Å². The zero-order chi connectivity index (χ0) is 18.0. The molecular formula is C18H22N4O2S. The minimum absolute atomic E-state index is 0.221. The van der Waals surface area contributed by atoms with Crippen molar-refractivity contribution in [2.24, 2.45) is 0 Å². The van der Waals surface area contributed by atoms with Gasteiger partial charge in [-0.1, -0.05) is 17.8 Å². The van der Waals surface area contributed by atoms with Crippen LogP contribution in [-0.4, -0.2) is 32.8 Å². The molecule has 1 heterocycles. The summed E-state index contributed by atoms with van der Waals surface area (Å²) >= 11 is 1.33. The summed E-state index contributed by atoms with van der Waals surface area (Å²) in [6.45, 7) is 5.87. The Hall–Kier alpha value is -2.28. The van der Waals surface area contributed by atoms with Crippen LogP contribution in [0.5, 0.6) is 0 Å². The van der Waals surface area contributed by atoms with Gasteiger partial charge in [0, 0.05) is 24.1 Å². The van der Waals surface area contributed by atoms with Crippen LogP contribution in [0.4, 0.5) is 4.79 Å². The van der Waals surface area contributed by atoms with Crippen molar-refractivity contribution in [3.8, 4) is 5.69 Å². The fourth-order valence-electron chi connectivity index (χ4n) is 2.54. The summed E-state index contributed by atoms with van der Waals surface area (Å²) in [4.78, 5) is 28.3. The summed E-state index contributed by atoms with van der Waals surface area (Å²) in [5.74, 6) is -0.321. The lowest BCUT2D eigenvalue weighted by Gasteiger charge is -2.13. The molecule has 2 N–H and O–H groups in total. The molecule has 0 aliphatic heterocycles. The molecule has 0 spiro atoms. The molecule has 6 nitrogen and oxygen atoms in total. The van der Waals surface area contributed by atoms with E-state index in [1.54, 1.807) is 13.1 Å². The third-order valence-corrected chi connectivity index (χ3v) is 4.97. The number of carbonyl (C=O) groups excluding carboxylic acids is 2. The zero-order valence-electron chi connectivity index (χ0n) is 14.6. The Kier molecular flexibility index (Phi) is 5.13. The highest BCUT2D eigenvalue weighted by Crippen LogP contribution is 2.25. The molecule has 1 aromatic carbocycles. The molecule has 1 atom stereocenters. The number of nitrogens with zero attached hydrogens (tertiary/aromatic N) is 2. The van der Waals surface area contributed by atoms with E-state index >= 15 is 0 Å². The lowest BCUT2D eigenvalue weighted by Crippen LogP contribution is -2.43. The molecule has 1 unspecified atom stereocenters. The minimum atomic E-state index is -0.433. The predicted molar refractivity (Wildman–Crippen MR) is 98.1 cm³/mol. The van der Waals surface area contributed by atoms with Crippen molar-refractivity contribution >= 4 is 23.7 Å². The number of aryl methyl sites for hydroxylation is 2. The molecule has 25 heavy (non-hydrogen) atoms. The Morgan fingerprint density at radius 3 is 2.56 bits per heavy atom. The van der Waals surface area contributed by atoms with E-state index in [9.17, 15) is 9.59 Å². The van der Waals surface area contributed by atoms with Crippen LogP contribution in [0, 0.1) is 13.8 Å². The van der Waals surface area contributed by atoms with E-state index in [-0.39, 0.29) is 11.9 Å². The smallest absolute Gasteiger partial charge is 0.321 e. The zero-order valence-corrected chi connectivity index (χ0v) is 15.4. The normalized spacial score (nSPS) is 14.8. The second-order valence-electron chi connectivity index (χ2n) is 6.42. The minimum Gasteiger partial charge on any atom is -0.335 e. The van der Waals surface area contributed by atoms with Crippen LogP contribution in [0.15, 0.2) is 35.7 Å². The molecule has 3 amide bonds. The van der Waals surface area contributed by atoms with Crippen LogP contribution in [0.2, 0.25) is 0 Å². The molecule has 1 aliphatic rings. The summed E-state index contributed by atoms with van der Waals surface area (Å²) in [5.41, 5.74) is 3.35. The number of thioether (sulfide) groups is 1. The van der Waals surface area contributed by atoms with Gasteiger partial charge in [-0.2, -0.15) is 0 Å². The molecule has 1 fully saturated rings. The maximum atomic E-state index is 12.2. The molecule has 1 saturated carbocycles. The van der Waals surface area contributed by atoms with E-state index in [0.717, 1.165) is 23.7 Å². The topological polar surface area (TPSA) is 76.0 Å². The van der Waals surface area contributed by atoms with Crippen LogP contribution < -0.4 is 10.6 Å². The Morgan fingerprint density at radius 1 is 1.24 bits per heavy atom. The van der Waals surface area contributed by atoms with Gasteiger partial charge in [-0.15, -0.1) is 0 Å². The van der Waals surface area contributed by atoms with Crippen LogP contribution in [-0.2, 0) is 4.79 Å². The number of hydrogen-bond acceptors (Lipinski definition) is 4. The average molecular weight is 358 g/mol. The lowest BCUT2D eigenvalue weighted by atomic mass is 10.1. The Labute approximate surface area is 151 Å². The Bertz CT molecular complexity index is 778. The van der Waals surface area contributed by atoms with Gasteiger partial charge in [-0.25, -0.2) is 9.78 Å². The van der Waals surface area contributed by atoms with Gasteiger partial charge in [0.15, 0.2) is 5.16 Å². The number of imide groups is 1. The van der Waals surface area contributed by atoms with Gasteiger partial charge >= 0.3 is 6.03 Å². The number of benzene rings is 1. The van der Waals surface area contributed by atoms with Crippen LogP contribution in [0.3, 0.4) is 0 Å². The molecule has 0 bridgehead atoms. The SMILES string of the molecule is Cc1cc(C)cc(-n2ccnc2SC(C)C(=O)NC(=O)NC2CC2)c1. The summed E-state index contributed by atoms with van der Waals surface area (Å²) < 4.78 is 1.96. The Morgan fingerprint density at radius 2 is 1.92 bits per heavy atom. The first-order chi connectivity index (χ1) is 11.9. The maximum Gasteiger partial charge on any atom is 0.321 e. The molecule has 3 rings (SSSR count). The third-order valence-electron chi connectivity index (χ3n) is 3.89. The number of urea groups is 1. The van der Waals surface area contributed by atoms with Gasteiger partial charge in [0.25, 0.3) is 0 Å². The van der Waals surface area contributed by atoms with Gasteiger partial charge in [-0.05, 0) is 56.9 Å². The number of aromatic nitrogens is 2. The highest BCUT2D eigenvalue weighted by Gasteiger charge is 2.25. The molecule has 1 aliphatic carbocycles. The molecule has 2 aromatic rings. The first-order valence-electron chi connectivity index (χ1n) is 8.32. The molecular weight excluding hydrogens is 336 g/mol. The molecule has 7 heteroatoms. The number of rotatable bonds is 5. The fourth-order valence-corrected chi connectivity index (χ4v) is 3.42. The van der Waals surface area contributed by atoms with Crippen molar-refractivity contribution in [3.63, 3.8) is 0 Å². The number of hydrogen-bond donors (Lipinski definition) is 2. The number of nitrogens with one attached hydrogen (secondary N) is 2. The van der Waals surface area contributed by atoms with E-state index in [4.69, 9.17) is 0 Å². The summed E-state index contributed by atoms with van der Waals surface area (Å²) in [6, 6.07) is 6.07. The van der Waals surface area contributed by atoms with E-state index in [2.05, 4.69) is 47.7 Å². The highest BCUT2D eigenvalue weighted by molar-refractivity contribution is 8.00. The number of carbonyl (C=O) groups is 2. The molecule has 1 aromatic heterocycles. The molecule has 0 saturated heterocycles. The van der Waals surface area contributed by atoms with E-state index in [1.807, 2.05) is 10.8 Å². The van der Waals surface area contributed by atoms with Crippen molar-refractivity contribution in [3.05, 3.63) is 41.7 Å². The van der Waals surface area contributed by atoms with Crippen molar-refractivity contribution in [1.29, 1.82) is 0 Å². The van der Waals surface area contributed by atoms with Crippen LogP contribution >= 0.6 is 11.8 Å². The van der Waals surface area contributed by atoms with Gasteiger partial charge in [0.1, 0.15) is 0 Å². The fraction of sp³-hybridized carbons (Fsp3) is 0.389. The first-order valence-corrected chi connectivity index (χ1v) is 9.20. The highest BCUT2D eigenvalue weighted by atomic mass is 32.2. The van der Waals surface area contributed by atoms with E-state index in [0.29, 0.717) is 0 Å². The summed E-state index contributed by atoms with van der Waals surface area (Å²) in [5, 5.41) is 5.43. The second kappa shape index (κ2) is 7.31. The first kappa shape index (κ1) is 17.5. The average Bonchev–Trinajstić information content (AvgIpc) is 3.21. The third kappa shape index (κ3) is 4.63. The van der Waals surface area contributed by atoms with Crippen molar-refractivity contribution in [2.45, 2.75) is 50.1 Å². The van der Waals surface area contributed by atoms with Crippen molar-refractivity contribution < 1.29 is 9.59 Å². The van der Waals surface area contributed by atoms with Gasteiger partial charge in [0.05, 0.1) is 5.25 Å². The Balaban J connectivity index is 1.67. The molecule has 132 valence electrons. The van der Waals surface area contributed by atoms with Gasteiger partial charge in [0.2, 0.25) is 5.91 Å².